The van der Waals surface area contributed by atoms with E-state index in [2.05, 4.69) is 21.2 Å². The van der Waals surface area contributed by atoms with Crippen molar-refractivity contribution in [2.24, 2.45) is 5.92 Å². The second-order valence-electron chi connectivity index (χ2n) is 6.83. The minimum atomic E-state index is -0.173. The molecule has 5 heteroatoms. The number of carbonyl (C=O) groups is 1. The first kappa shape index (κ1) is 15.8. The van der Waals surface area contributed by atoms with Gasteiger partial charge in [-0.15, -0.1) is 0 Å². The van der Waals surface area contributed by atoms with Gasteiger partial charge in [0.1, 0.15) is 11.4 Å². The highest BCUT2D eigenvalue weighted by atomic mass is 16.5. The Labute approximate surface area is 156 Å². The Morgan fingerprint density at radius 1 is 1.07 bits per heavy atom. The number of benzene rings is 2. The van der Waals surface area contributed by atoms with Gasteiger partial charge in [0.15, 0.2) is 0 Å². The molecule has 1 aliphatic rings. The second kappa shape index (κ2) is 6.36. The average molecular weight is 355 g/mol. The van der Waals surface area contributed by atoms with Crippen molar-refractivity contribution < 1.29 is 9.53 Å². The van der Waals surface area contributed by atoms with Gasteiger partial charge in [-0.25, -0.2) is 0 Å². The third kappa shape index (κ3) is 2.87. The van der Waals surface area contributed by atoms with Gasteiger partial charge in [-0.2, -0.15) is 5.10 Å². The maximum Gasteiger partial charge on any atom is 0.315 e. The van der Waals surface area contributed by atoms with E-state index < -0.39 is 0 Å². The van der Waals surface area contributed by atoms with Crippen molar-refractivity contribution in [1.82, 2.24) is 15.2 Å². The Kier molecular flexibility index (Phi) is 3.71. The van der Waals surface area contributed by atoms with Crippen LogP contribution in [-0.4, -0.2) is 21.2 Å². The van der Waals surface area contributed by atoms with Crippen molar-refractivity contribution >= 4 is 16.9 Å². The molecule has 0 aliphatic carbocycles. The van der Waals surface area contributed by atoms with Gasteiger partial charge < -0.3 is 4.74 Å². The molecule has 3 heterocycles. The highest BCUT2D eigenvalue weighted by Crippen LogP contribution is 2.36. The van der Waals surface area contributed by atoms with E-state index in [0.717, 1.165) is 33.3 Å². The van der Waals surface area contributed by atoms with Crippen LogP contribution in [0.4, 0.5) is 0 Å². The zero-order valence-corrected chi connectivity index (χ0v) is 14.6. The van der Waals surface area contributed by atoms with Crippen LogP contribution in [0.5, 0.6) is 5.75 Å². The van der Waals surface area contributed by atoms with Crippen LogP contribution in [0.15, 0.2) is 67.0 Å². The first-order chi connectivity index (χ1) is 13.3. The summed E-state index contributed by atoms with van der Waals surface area (Å²) in [5.74, 6) is 0.287. The van der Waals surface area contributed by atoms with E-state index in [4.69, 9.17) is 4.74 Å². The van der Waals surface area contributed by atoms with E-state index >= 15 is 0 Å². The summed E-state index contributed by atoms with van der Waals surface area (Å²) in [6.45, 7) is 0. The van der Waals surface area contributed by atoms with Crippen LogP contribution in [0.25, 0.3) is 22.2 Å². The van der Waals surface area contributed by atoms with Gasteiger partial charge in [0.05, 0.1) is 11.4 Å². The number of rotatable bonds is 3. The summed E-state index contributed by atoms with van der Waals surface area (Å²) in [4.78, 5) is 16.5. The van der Waals surface area contributed by atoms with Crippen molar-refractivity contribution in [2.75, 3.05) is 0 Å². The molecular formula is C22H17N3O2. The molecule has 4 aromatic rings. The molecule has 0 radical (unpaired) electrons. The first-order valence-electron chi connectivity index (χ1n) is 8.95. The highest BCUT2D eigenvalue weighted by Gasteiger charge is 2.29. The highest BCUT2D eigenvalue weighted by molar-refractivity contribution is 5.95. The van der Waals surface area contributed by atoms with E-state index in [0.29, 0.717) is 18.6 Å². The van der Waals surface area contributed by atoms with Crippen LogP contribution in [0.3, 0.4) is 0 Å². The van der Waals surface area contributed by atoms with E-state index in [-0.39, 0.29) is 11.9 Å². The Bertz CT molecular complexity index is 1120. The smallest absolute Gasteiger partial charge is 0.315 e. The van der Waals surface area contributed by atoms with Crippen LogP contribution in [0, 0.1) is 5.92 Å². The molecule has 0 spiro atoms. The van der Waals surface area contributed by atoms with Crippen LogP contribution in [0.1, 0.15) is 11.1 Å². The third-order valence-corrected chi connectivity index (χ3v) is 5.03. The lowest BCUT2D eigenvalue weighted by molar-refractivity contribution is -0.140. The topological polar surface area (TPSA) is 67.9 Å². The lowest BCUT2D eigenvalue weighted by Gasteiger charge is -2.23. The number of aromatic amines is 1. The monoisotopic (exact) mass is 355 g/mol. The molecule has 2 aromatic heterocycles. The zero-order valence-electron chi connectivity index (χ0n) is 14.6. The average Bonchev–Trinajstić information content (AvgIpc) is 3.11. The van der Waals surface area contributed by atoms with E-state index in [1.54, 1.807) is 12.4 Å². The number of hydrogen-bond donors (Lipinski definition) is 1. The summed E-state index contributed by atoms with van der Waals surface area (Å²) in [7, 11) is 0. The van der Waals surface area contributed by atoms with Gasteiger partial charge in [0.2, 0.25) is 0 Å². The third-order valence-electron chi connectivity index (χ3n) is 5.03. The molecule has 2 aromatic carbocycles. The van der Waals surface area contributed by atoms with Crippen molar-refractivity contribution in [3.8, 4) is 17.0 Å². The number of ether oxygens (including phenoxy) is 1. The number of H-pyrrole nitrogens is 1. The van der Waals surface area contributed by atoms with Crippen molar-refractivity contribution in [3.63, 3.8) is 0 Å². The van der Waals surface area contributed by atoms with Crippen molar-refractivity contribution in [1.29, 1.82) is 0 Å². The zero-order chi connectivity index (χ0) is 18.2. The van der Waals surface area contributed by atoms with Gasteiger partial charge >= 0.3 is 5.97 Å². The van der Waals surface area contributed by atoms with E-state index in [1.165, 1.54) is 0 Å². The van der Waals surface area contributed by atoms with Gasteiger partial charge in [0.25, 0.3) is 0 Å². The summed E-state index contributed by atoms with van der Waals surface area (Å²) in [6, 6.07) is 17.9. The van der Waals surface area contributed by atoms with Crippen LogP contribution >= 0.6 is 0 Å². The Morgan fingerprint density at radius 2 is 1.89 bits per heavy atom. The summed E-state index contributed by atoms with van der Waals surface area (Å²) >= 11 is 0. The quantitative estimate of drug-likeness (QED) is 0.446. The molecule has 0 amide bonds. The molecule has 5 rings (SSSR count). The number of pyridine rings is 1. The number of nitrogens with zero attached hydrogens (tertiary/aromatic N) is 2. The van der Waals surface area contributed by atoms with Crippen molar-refractivity contribution in [2.45, 2.75) is 12.8 Å². The molecule has 1 unspecified atom stereocenters. The van der Waals surface area contributed by atoms with Gasteiger partial charge in [-0.1, -0.05) is 30.3 Å². The van der Waals surface area contributed by atoms with E-state index in [1.807, 2.05) is 48.5 Å². The minimum Gasteiger partial charge on any atom is -0.426 e. The lowest BCUT2D eigenvalue weighted by atomic mass is 9.89. The number of carbonyl (C=O) groups excluding carboxylic acids is 1. The lowest BCUT2D eigenvalue weighted by Crippen LogP contribution is -2.29. The van der Waals surface area contributed by atoms with Gasteiger partial charge in [0, 0.05) is 29.4 Å². The van der Waals surface area contributed by atoms with Crippen LogP contribution < -0.4 is 4.74 Å². The standard InChI is InChI=1S/C22H17N3O2/c26-22-17(10-14-4-2-1-3-5-14)11-16-12-18-19(13-20(16)27-22)24-25-21(18)15-6-8-23-9-7-15/h1-9,12-13,17H,10-11H2,(H,24,25). The maximum atomic E-state index is 12.5. The fraction of sp³-hybridized carbons (Fsp3) is 0.136. The number of nitrogens with one attached hydrogen (secondary N) is 1. The summed E-state index contributed by atoms with van der Waals surface area (Å²) in [5.41, 5.74) is 4.93. The maximum absolute atomic E-state index is 12.5. The van der Waals surface area contributed by atoms with E-state index in [9.17, 15) is 4.79 Å². The normalized spacial score (nSPS) is 16.1. The molecule has 0 saturated carbocycles. The molecule has 0 saturated heterocycles. The number of hydrogen-bond acceptors (Lipinski definition) is 4. The van der Waals surface area contributed by atoms with Crippen LogP contribution in [0.2, 0.25) is 0 Å². The molecule has 1 aliphatic heterocycles. The molecule has 1 N–H and O–H groups in total. The first-order valence-corrected chi connectivity index (χ1v) is 8.95. The Balaban J connectivity index is 1.52. The molecule has 0 bridgehead atoms. The van der Waals surface area contributed by atoms with Gasteiger partial charge in [-0.3, -0.25) is 14.9 Å². The summed E-state index contributed by atoms with van der Waals surface area (Å²) in [6.07, 6.45) is 4.86. The molecule has 0 fully saturated rings. The molecule has 132 valence electrons. The Morgan fingerprint density at radius 3 is 2.70 bits per heavy atom. The SMILES string of the molecule is O=C1Oc2cc3[nH]nc(-c4ccncc4)c3cc2CC1Cc1ccccc1. The number of aromatic nitrogens is 3. The number of esters is 1. The predicted molar refractivity (Wildman–Crippen MR) is 102 cm³/mol. The summed E-state index contributed by atoms with van der Waals surface area (Å²) in [5, 5.41) is 8.51. The van der Waals surface area contributed by atoms with Crippen LogP contribution in [-0.2, 0) is 17.6 Å². The minimum absolute atomic E-state index is 0.167. The molecule has 27 heavy (non-hydrogen) atoms. The predicted octanol–water partition coefficient (Wildman–Crippen LogP) is 3.95. The molecule has 5 nitrogen and oxygen atoms in total. The molecular weight excluding hydrogens is 338 g/mol. The largest absolute Gasteiger partial charge is 0.426 e. The van der Waals surface area contributed by atoms with Gasteiger partial charge in [-0.05, 0) is 42.2 Å². The number of fused-ring (bicyclic) bond motifs is 2. The fourth-order valence-corrected chi connectivity index (χ4v) is 3.67. The Hall–Kier alpha value is -3.47. The second-order valence-corrected chi connectivity index (χ2v) is 6.83. The van der Waals surface area contributed by atoms with Crippen molar-refractivity contribution in [3.05, 3.63) is 78.1 Å². The molecule has 1 atom stereocenters. The summed E-state index contributed by atoms with van der Waals surface area (Å²) < 4.78 is 5.64. The fourth-order valence-electron chi connectivity index (χ4n) is 3.67.